The molecule has 2 rings (SSSR count). The number of hydrogen-bond donors (Lipinski definition) is 2. The molecule has 0 spiro atoms. The minimum atomic E-state index is 0.206. The average molecular weight is 225 g/mol. The molecule has 1 aliphatic heterocycles. The molecule has 1 atom stereocenters. The van der Waals surface area contributed by atoms with Crippen molar-refractivity contribution in [3.05, 3.63) is 0 Å². The van der Waals surface area contributed by atoms with Gasteiger partial charge in [-0.15, -0.1) is 0 Å². The second kappa shape index (κ2) is 4.72. The highest BCUT2D eigenvalue weighted by Gasteiger charge is 2.38. The van der Waals surface area contributed by atoms with E-state index in [2.05, 4.69) is 29.6 Å². The minimum Gasteiger partial charge on any atom is -0.352 e. The Balaban J connectivity index is 1.69. The molecule has 1 saturated carbocycles. The van der Waals surface area contributed by atoms with Crippen LogP contribution in [-0.4, -0.2) is 49.6 Å². The quantitative estimate of drug-likeness (QED) is 0.709. The molecule has 2 N–H and O–H groups in total. The highest BCUT2D eigenvalue weighted by Crippen LogP contribution is 2.35. The first kappa shape index (κ1) is 11.9. The van der Waals surface area contributed by atoms with Crippen LogP contribution in [0, 0.1) is 0 Å². The molecule has 1 unspecified atom stereocenters. The number of nitrogens with zero attached hydrogens (tertiary/aromatic N) is 1. The lowest BCUT2D eigenvalue weighted by atomic mass is 9.75. The lowest BCUT2D eigenvalue weighted by Gasteiger charge is -2.47. The van der Waals surface area contributed by atoms with Gasteiger partial charge in [-0.1, -0.05) is 0 Å². The first-order valence-electron chi connectivity index (χ1n) is 6.30. The van der Waals surface area contributed by atoms with E-state index in [0.717, 1.165) is 19.5 Å². The van der Waals surface area contributed by atoms with Crippen LogP contribution < -0.4 is 10.6 Å². The topological polar surface area (TPSA) is 44.4 Å². The Morgan fingerprint density at radius 3 is 2.69 bits per heavy atom. The van der Waals surface area contributed by atoms with E-state index in [0.29, 0.717) is 18.0 Å². The molecule has 1 aliphatic carbocycles. The van der Waals surface area contributed by atoms with E-state index in [-0.39, 0.29) is 5.91 Å². The van der Waals surface area contributed by atoms with Crippen LogP contribution in [0.1, 0.15) is 32.1 Å². The van der Waals surface area contributed by atoms with Crippen molar-refractivity contribution in [2.75, 3.05) is 27.2 Å². The fraction of sp³-hybridized carbons (Fsp3) is 0.917. The van der Waals surface area contributed by atoms with Crippen molar-refractivity contribution in [3.63, 3.8) is 0 Å². The van der Waals surface area contributed by atoms with E-state index < -0.39 is 0 Å². The van der Waals surface area contributed by atoms with Crippen molar-refractivity contribution in [2.24, 2.45) is 0 Å². The summed E-state index contributed by atoms with van der Waals surface area (Å²) in [5.41, 5.74) is 0.378. The molecule has 4 heteroatoms. The smallest absolute Gasteiger partial charge is 0.220 e. The summed E-state index contributed by atoms with van der Waals surface area (Å²) in [5.74, 6) is 0.206. The summed E-state index contributed by atoms with van der Waals surface area (Å²) >= 11 is 0. The van der Waals surface area contributed by atoms with Crippen molar-refractivity contribution in [1.29, 1.82) is 0 Å². The van der Waals surface area contributed by atoms with Crippen molar-refractivity contribution < 1.29 is 4.79 Å². The zero-order valence-electron chi connectivity index (χ0n) is 10.4. The normalized spacial score (nSPS) is 27.9. The molecule has 0 bridgehead atoms. The van der Waals surface area contributed by atoms with Gasteiger partial charge in [0, 0.05) is 31.1 Å². The lowest BCUT2D eigenvalue weighted by Crippen LogP contribution is -2.57. The maximum absolute atomic E-state index is 11.0. The molecule has 0 aromatic heterocycles. The Bertz CT molecular complexity index is 261. The molecule has 2 aliphatic rings. The zero-order valence-corrected chi connectivity index (χ0v) is 10.4. The molecule has 92 valence electrons. The van der Waals surface area contributed by atoms with Gasteiger partial charge in [0.2, 0.25) is 5.91 Å². The monoisotopic (exact) mass is 225 g/mol. The van der Waals surface area contributed by atoms with Gasteiger partial charge in [-0.25, -0.2) is 0 Å². The lowest BCUT2D eigenvalue weighted by molar-refractivity contribution is -0.119. The maximum atomic E-state index is 11.0. The van der Waals surface area contributed by atoms with Gasteiger partial charge in [0.15, 0.2) is 0 Å². The van der Waals surface area contributed by atoms with E-state index in [4.69, 9.17) is 0 Å². The third kappa shape index (κ3) is 2.38. The summed E-state index contributed by atoms with van der Waals surface area (Å²) in [4.78, 5) is 13.4. The largest absolute Gasteiger partial charge is 0.352 e. The Morgan fingerprint density at radius 1 is 1.50 bits per heavy atom. The van der Waals surface area contributed by atoms with Crippen LogP contribution in [0.2, 0.25) is 0 Å². The number of amides is 1. The van der Waals surface area contributed by atoms with Crippen LogP contribution in [-0.2, 0) is 4.79 Å². The number of hydrogen-bond acceptors (Lipinski definition) is 3. The van der Waals surface area contributed by atoms with Gasteiger partial charge in [0.25, 0.3) is 0 Å². The molecule has 4 nitrogen and oxygen atoms in total. The van der Waals surface area contributed by atoms with Gasteiger partial charge in [0.1, 0.15) is 0 Å². The van der Waals surface area contributed by atoms with Crippen LogP contribution in [0.3, 0.4) is 0 Å². The zero-order chi connectivity index (χ0) is 11.6. The van der Waals surface area contributed by atoms with Crippen molar-refractivity contribution in [1.82, 2.24) is 15.5 Å². The van der Waals surface area contributed by atoms with Gasteiger partial charge in [-0.3, -0.25) is 4.79 Å². The van der Waals surface area contributed by atoms with Crippen molar-refractivity contribution in [3.8, 4) is 0 Å². The Morgan fingerprint density at radius 2 is 2.25 bits per heavy atom. The first-order chi connectivity index (χ1) is 7.62. The molecule has 16 heavy (non-hydrogen) atoms. The van der Waals surface area contributed by atoms with Gasteiger partial charge >= 0.3 is 0 Å². The summed E-state index contributed by atoms with van der Waals surface area (Å²) < 4.78 is 0. The molecule has 1 saturated heterocycles. The molecule has 0 aromatic rings. The number of carbonyl (C=O) groups is 1. The Kier molecular flexibility index (Phi) is 3.50. The van der Waals surface area contributed by atoms with Crippen LogP contribution in [0.5, 0.6) is 0 Å². The van der Waals surface area contributed by atoms with E-state index in [1.807, 2.05) is 0 Å². The predicted octanol–water partition coefficient (Wildman–Crippen LogP) is 0.339. The first-order valence-corrected chi connectivity index (χ1v) is 6.30. The molecule has 0 radical (unpaired) electrons. The predicted molar refractivity (Wildman–Crippen MR) is 64.3 cm³/mol. The van der Waals surface area contributed by atoms with Crippen molar-refractivity contribution in [2.45, 2.75) is 43.7 Å². The van der Waals surface area contributed by atoms with E-state index >= 15 is 0 Å². The second-order valence-corrected chi connectivity index (χ2v) is 5.41. The van der Waals surface area contributed by atoms with E-state index in [1.54, 1.807) is 0 Å². The third-order valence-corrected chi connectivity index (χ3v) is 4.16. The third-order valence-electron chi connectivity index (χ3n) is 4.16. The molecule has 1 amide bonds. The van der Waals surface area contributed by atoms with Gasteiger partial charge in [-0.05, 0) is 39.8 Å². The Labute approximate surface area is 97.8 Å². The van der Waals surface area contributed by atoms with Crippen molar-refractivity contribution >= 4 is 5.91 Å². The van der Waals surface area contributed by atoms with E-state index in [1.165, 1.54) is 19.3 Å². The van der Waals surface area contributed by atoms with Crippen LogP contribution in [0.25, 0.3) is 0 Å². The fourth-order valence-corrected chi connectivity index (χ4v) is 2.68. The SMILES string of the molecule is CN(C)C1(CNCC2CCC(=O)N2)CCC1. The standard InChI is InChI=1S/C12H23N3O/c1-15(2)12(6-3-7-12)9-13-8-10-4-5-11(16)14-10/h10,13H,3-9H2,1-2H3,(H,14,16). The Hall–Kier alpha value is -0.610. The summed E-state index contributed by atoms with van der Waals surface area (Å²) in [6, 6.07) is 0.354. The maximum Gasteiger partial charge on any atom is 0.220 e. The molecule has 1 heterocycles. The minimum absolute atomic E-state index is 0.206. The summed E-state index contributed by atoms with van der Waals surface area (Å²) in [7, 11) is 4.33. The van der Waals surface area contributed by atoms with Gasteiger partial charge < -0.3 is 15.5 Å². The molecular weight excluding hydrogens is 202 g/mol. The molecule has 2 fully saturated rings. The number of rotatable bonds is 5. The second-order valence-electron chi connectivity index (χ2n) is 5.41. The fourth-order valence-electron chi connectivity index (χ4n) is 2.68. The highest BCUT2D eigenvalue weighted by molar-refractivity contribution is 5.78. The summed E-state index contributed by atoms with van der Waals surface area (Å²) in [6.45, 7) is 1.97. The molecular formula is C12H23N3O. The molecule has 0 aromatic carbocycles. The number of likely N-dealkylation sites (N-methyl/N-ethyl adjacent to an activating group) is 1. The highest BCUT2D eigenvalue weighted by atomic mass is 16.1. The summed E-state index contributed by atoms with van der Waals surface area (Å²) in [6.07, 6.45) is 5.63. The number of carbonyl (C=O) groups excluding carboxylic acids is 1. The van der Waals surface area contributed by atoms with Crippen LogP contribution in [0.15, 0.2) is 0 Å². The number of nitrogens with one attached hydrogen (secondary N) is 2. The van der Waals surface area contributed by atoms with Crippen LogP contribution >= 0.6 is 0 Å². The van der Waals surface area contributed by atoms with Gasteiger partial charge in [-0.2, -0.15) is 0 Å². The van der Waals surface area contributed by atoms with Gasteiger partial charge in [0.05, 0.1) is 0 Å². The van der Waals surface area contributed by atoms with Crippen LogP contribution in [0.4, 0.5) is 0 Å². The summed E-state index contributed by atoms with van der Waals surface area (Å²) in [5, 5.41) is 6.51. The van der Waals surface area contributed by atoms with E-state index in [9.17, 15) is 4.79 Å². The average Bonchev–Trinajstić information content (AvgIpc) is 2.55.